The largest absolute Gasteiger partial charge is 0.496 e. The molecule has 0 aliphatic heterocycles. The van der Waals surface area contributed by atoms with Crippen molar-refractivity contribution in [1.82, 2.24) is 4.37 Å². The summed E-state index contributed by atoms with van der Waals surface area (Å²) in [6, 6.07) is 7.71. The number of methoxy groups -OCH3 is 2. The molecule has 1 aromatic carbocycles. The van der Waals surface area contributed by atoms with E-state index in [-0.39, 0.29) is 5.82 Å². The molecular weight excluding hydrogens is 290 g/mol. The number of carbonyl (C=O) groups excluding carboxylic acids is 1. The lowest BCUT2D eigenvalue weighted by Crippen LogP contribution is -2.19. The maximum Gasteiger partial charge on any atom is 0.344 e. The molecule has 0 fully saturated rings. The minimum atomic E-state index is -0.483. The number of benzene rings is 1. The maximum absolute atomic E-state index is 11.8. The number of para-hydroxylation sites is 1. The summed E-state index contributed by atoms with van der Waals surface area (Å²) in [4.78, 5) is 13.7. The van der Waals surface area contributed by atoms with E-state index in [1.807, 2.05) is 36.2 Å². The molecule has 0 atom stereocenters. The van der Waals surface area contributed by atoms with Crippen LogP contribution in [0.5, 0.6) is 5.75 Å². The fourth-order valence-corrected chi connectivity index (χ4v) is 2.77. The highest BCUT2D eigenvalue weighted by Gasteiger charge is 2.23. The van der Waals surface area contributed by atoms with Crippen LogP contribution in [0.4, 0.5) is 10.8 Å². The molecule has 0 spiro atoms. The number of nitrogens with two attached hydrogens (primary N) is 1. The van der Waals surface area contributed by atoms with Crippen molar-refractivity contribution < 1.29 is 14.3 Å². The van der Waals surface area contributed by atoms with Gasteiger partial charge in [-0.2, -0.15) is 4.37 Å². The van der Waals surface area contributed by atoms with Crippen LogP contribution in [-0.2, 0) is 11.3 Å². The normalized spacial score (nSPS) is 10.2. The molecule has 0 unspecified atom stereocenters. The molecule has 1 aromatic heterocycles. The summed E-state index contributed by atoms with van der Waals surface area (Å²) in [7, 11) is 4.82. The molecule has 0 radical (unpaired) electrons. The molecule has 6 nitrogen and oxygen atoms in total. The summed E-state index contributed by atoms with van der Waals surface area (Å²) >= 11 is 1.17. The van der Waals surface area contributed by atoms with Crippen molar-refractivity contribution in [2.75, 3.05) is 31.9 Å². The van der Waals surface area contributed by atoms with Crippen LogP contribution in [0.15, 0.2) is 24.3 Å². The Morgan fingerprint density at radius 2 is 2.10 bits per heavy atom. The van der Waals surface area contributed by atoms with Crippen LogP contribution in [0.25, 0.3) is 0 Å². The monoisotopic (exact) mass is 307 g/mol. The second-order valence-electron chi connectivity index (χ2n) is 4.41. The van der Waals surface area contributed by atoms with Gasteiger partial charge in [0.15, 0.2) is 5.82 Å². The van der Waals surface area contributed by atoms with Crippen molar-refractivity contribution >= 4 is 28.3 Å². The average Bonchev–Trinajstić information content (AvgIpc) is 2.89. The number of nitrogen functional groups attached to an aromatic ring is 1. The van der Waals surface area contributed by atoms with Crippen molar-refractivity contribution in [3.05, 3.63) is 35.4 Å². The number of nitrogens with zero attached hydrogens (tertiary/aromatic N) is 2. The van der Waals surface area contributed by atoms with E-state index in [9.17, 15) is 4.79 Å². The molecule has 112 valence electrons. The molecule has 0 aliphatic carbocycles. The average molecular weight is 307 g/mol. The Hall–Kier alpha value is -2.28. The highest BCUT2D eigenvalue weighted by molar-refractivity contribution is 7.11. The van der Waals surface area contributed by atoms with E-state index in [0.29, 0.717) is 17.1 Å². The summed E-state index contributed by atoms with van der Waals surface area (Å²) in [5.74, 6) is 0.498. The lowest BCUT2D eigenvalue weighted by Gasteiger charge is -2.19. The first-order chi connectivity index (χ1) is 10.1. The SMILES string of the molecule is COC(=O)c1c(N)nsc1N(C)Cc1ccccc1OC. The molecular formula is C14H17N3O3S. The number of rotatable bonds is 5. The minimum Gasteiger partial charge on any atom is -0.496 e. The third-order valence-electron chi connectivity index (χ3n) is 3.04. The van der Waals surface area contributed by atoms with Gasteiger partial charge in [-0.05, 0) is 17.6 Å². The van der Waals surface area contributed by atoms with Gasteiger partial charge in [0, 0.05) is 19.2 Å². The van der Waals surface area contributed by atoms with Crippen molar-refractivity contribution in [2.24, 2.45) is 0 Å². The van der Waals surface area contributed by atoms with Gasteiger partial charge in [-0.3, -0.25) is 0 Å². The quantitative estimate of drug-likeness (QED) is 0.853. The van der Waals surface area contributed by atoms with Gasteiger partial charge in [0.05, 0.1) is 14.2 Å². The van der Waals surface area contributed by atoms with Gasteiger partial charge in [-0.25, -0.2) is 4.79 Å². The van der Waals surface area contributed by atoms with E-state index in [0.717, 1.165) is 11.3 Å². The Morgan fingerprint density at radius 3 is 2.76 bits per heavy atom. The highest BCUT2D eigenvalue weighted by atomic mass is 32.1. The zero-order valence-corrected chi connectivity index (χ0v) is 12.9. The zero-order chi connectivity index (χ0) is 15.4. The van der Waals surface area contributed by atoms with E-state index >= 15 is 0 Å². The van der Waals surface area contributed by atoms with Gasteiger partial charge in [0.25, 0.3) is 0 Å². The van der Waals surface area contributed by atoms with Gasteiger partial charge in [-0.1, -0.05) is 18.2 Å². The summed E-state index contributed by atoms with van der Waals surface area (Å²) in [5.41, 5.74) is 7.06. The number of carbonyl (C=O) groups is 1. The van der Waals surface area contributed by atoms with Crippen LogP contribution in [0.1, 0.15) is 15.9 Å². The first-order valence-electron chi connectivity index (χ1n) is 6.25. The standard InChI is InChI=1S/C14H17N3O3S/c1-17(8-9-6-4-5-7-10(9)19-2)13-11(14(18)20-3)12(15)16-21-13/h4-7H,8H2,1-3H3,(H2,15,16). The summed E-state index contributed by atoms with van der Waals surface area (Å²) in [6.07, 6.45) is 0. The number of hydrogen-bond donors (Lipinski definition) is 1. The molecule has 0 saturated heterocycles. The highest BCUT2D eigenvalue weighted by Crippen LogP contribution is 2.32. The maximum atomic E-state index is 11.8. The van der Waals surface area contributed by atoms with Crippen LogP contribution < -0.4 is 15.4 Å². The van der Waals surface area contributed by atoms with E-state index in [1.165, 1.54) is 18.6 Å². The molecule has 7 heteroatoms. The van der Waals surface area contributed by atoms with Gasteiger partial charge in [0.2, 0.25) is 0 Å². The fourth-order valence-electron chi connectivity index (χ4n) is 2.01. The Bertz CT molecular complexity index is 642. The molecule has 0 aliphatic rings. The molecule has 0 amide bonds. The Balaban J connectivity index is 2.29. The molecule has 2 aromatic rings. The third kappa shape index (κ3) is 3.08. The van der Waals surface area contributed by atoms with Crippen molar-refractivity contribution in [3.63, 3.8) is 0 Å². The van der Waals surface area contributed by atoms with Crippen molar-refractivity contribution in [1.29, 1.82) is 0 Å². The van der Waals surface area contributed by atoms with Crippen molar-refractivity contribution in [2.45, 2.75) is 6.54 Å². The van der Waals surface area contributed by atoms with E-state index in [2.05, 4.69) is 4.37 Å². The molecule has 0 saturated carbocycles. The molecule has 21 heavy (non-hydrogen) atoms. The second kappa shape index (κ2) is 6.45. The second-order valence-corrected chi connectivity index (χ2v) is 5.16. The van der Waals surface area contributed by atoms with Crippen molar-refractivity contribution in [3.8, 4) is 5.75 Å². The smallest absolute Gasteiger partial charge is 0.344 e. The number of esters is 1. The molecule has 2 rings (SSSR count). The first-order valence-corrected chi connectivity index (χ1v) is 7.02. The van der Waals surface area contributed by atoms with Crippen LogP contribution in [0, 0.1) is 0 Å². The van der Waals surface area contributed by atoms with Crippen LogP contribution in [0.2, 0.25) is 0 Å². The Morgan fingerprint density at radius 1 is 1.38 bits per heavy atom. The fraction of sp³-hybridized carbons (Fsp3) is 0.286. The number of ether oxygens (including phenoxy) is 2. The van der Waals surface area contributed by atoms with Crippen LogP contribution in [0.3, 0.4) is 0 Å². The summed E-state index contributed by atoms with van der Waals surface area (Å²) in [6.45, 7) is 0.565. The zero-order valence-electron chi connectivity index (χ0n) is 12.1. The summed E-state index contributed by atoms with van der Waals surface area (Å²) in [5, 5.41) is 0.672. The third-order valence-corrected chi connectivity index (χ3v) is 4.01. The molecule has 1 heterocycles. The number of aromatic nitrogens is 1. The van der Waals surface area contributed by atoms with Gasteiger partial charge in [0.1, 0.15) is 16.3 Å². The first kappa shape index (κ1) is 15.1. The topological polar surface area (TPSA) is 77.7 Å². The van der Waals surface area contributed by atoms with E-state index < -0.39 is 5.97 Å². The van der Waals surface area contributed by atoms with Gasteiger partial charge < -0.3 is 20.1 Å². The Kier molecular flexibility index (Phi) is 4.64. The lowest BCUT2D eigenvalue weighted by molar-refractivity contribution is 0.0603. The Labute approximate surface area is 127 Å². The predicted octanol–water partition coefficient (Wildman–Crippen LogP) is 2.16. The lowest BCUT2D eigenvalue weighted by atomic mass is 10.2. The van der Waals surface area contributed by atoms with Gasteiger partial charge >= 0.3 is 5.97 Å². The van der Waals surface area contributed by atoms with E-state index in [1.54, 1.807) is 7.11 Å². The number of anilines is 2. The van der Waals surface area contributed by atoms with Crippen LogP contribution >= 0.6 is 11.5 Å². The van der Waals surface area contributed by atoms with E-state index in [4.69, 9.17) is 15.2 Å². The number of hydrogen-bond acceptors (Lipinski definition) is 7. The van der Waals surface area contributed by atoms with Crippen LogP contribution in [-0.4, -0.2) is 31.6 Å². The predicted molar refractivity (Wildman–Crippen MR) is 83.0 cm³/mol. The van der Waals surface area contributed by atoms with Gasteiger partial charge in [-0.15, -0.1) is 0 Å². The minimum absolute atomic E-state index is 0.189. The summed E-state index contributed by atoms with van der Waals surface area (Å²) < 4.78 is 14.1. The molecule has 0 bridgehead atoms. The molecule has 2 N–H and O–H groups in total.